The Labute approximate surface area is 218 Å². The van der Waals surface area contributed by atoms with E-state index < -0.39 is 11.8 Å². The van der Waals surface area contributed by atoms with Crippen molar-refractivity contribution in [1.82, 2.24) is 30.0 Å². The number of aromatic amines is 1. The van der Waals surface area contributed by atoms with Gasteiger partial charge in [0, 0.05) is 37.1 Å². The normalized spacial score (nSPS) is 27.3. The van der Waals surface area contributed by atoms with Crippen molar-refractivity contribution in [3.05, 3.63) is 47.4 Å². The first kappa shape index (κ1) is 22.8. The molecular weight excluding hydrogens is 486 g/mol. The molecule has 2 bridgehead atoms. The van der Waals surface area contributed by atoms with E-state index in [1.54, 1.807) is 17.3 Å². The fraction of sp³-hybridized carbons (Fsp3) is 0.444. The van der Waals surface area contributed by atoms with E-state index in [4.69, 9.17) is 4.98 Å². The smallest absolute Gasteiger partial charge is 0.314 e. The summed E-state index contributed by atoms with van der Waals surface area (Å²) in [7, 11) is 0. The van der Waals surface area contributed by atoms with Gasteiger partial charge in [-0.2, -0.15) is 5.10 Å². The third-order valence-corrected chi connectivity index (χ3v) is 9.51. The zero-order valence-corrected chi connectivity index (χ0v) is 21.5. The molecule has 0 radical (unpaired) electrons. The molecule has 190 valence electrons. The molecule has 2 amide bonds. The van der Waals surface area contributed by atoms with Crippen LogP contribution in [0.4, 0.5) is 5.69 Å². The summed E-state index contributed by atoms with van der Waals surface area (Å²) >= 11 is 1.81. The van der Waals surface area contributed by atoms with Gasteiger partial charge in [0.05, 0.1) is 44.9 Å². The van der Waals surface area contributed by atoms with Gasteiger partial charge in [0.1, 0.15) is 0 Å². The molecule has 0 spiro atoms. The molecule has 10 heteroatoms. The molecular formula is C27H29N7O2S. The average molecular weight is 516 g/mol. The van der Waals surface area contributed by atoms with Crippen LogP contribution in [-0.4, -0.2) is 68.0 Å². The summed E-state index contributed by atoms with van der Waals surface area (Å²) in [6, 6.07) is 6.24. The van der Waals surface area contributed by atoms with Gasteiger partial charge in [-0.05, 0) is 55.3 Å². The Balaban J connectivity index is 1.15. The number of nitrogens with one attached hydrogen (secondary N) is 2. The van der Waals surface area contributed by atoms with Crippen LogP contribution in [-0.2, 0) is 9.59 Å². The molecule has 2 N–H and O–H groups in total. The second kappa shape index (κ2) is 8.88. The van der Waals surface area contributed by atoms with Gasteiger partial charge in [0.15, 0.2) is 0 Å². The number of nitrogens with zero attached hydrogens (tertiary/aromatic N) is 5. The first-order chi connectivity index (χ1) is 18.0. The van der Waals surface area contributed by atoms with E-state index in [1.165, 1.54) is 35.4 Å². The lowest BCUT2D eigenvalue weighted by Crippen LogP contribution is -2.46. The van der Waals surface area contributed by atoms with Gasteiger partial charge in [0.2, 0.25) is 0 Å². The third kappa shape index (κ3) is 3.99. The van der Waals surface area contributed by atoms with Crippen LogP contribution in [0.15, 0.2) is 36.8 Å². The standard InChI is InChI=1S/C27H29N7O2S/c1-15-2-4-22(34(12-15)27(36)25(35)30-21-11-28-9-18-10-29-32-24(18)21)16-3-5-23-20(8-16)31-26(37-23)19-14-33-7-6-17(19)13-33/h3,5,8-11,15,17,19,22H,2,4,6-7,12-14H2,1H3,(H,29,32)(H,30,35)/t15-,17+,19+,22+/m0/s1. The van der Waals surface area contributed by atoms with Crippen molar-refractivity contribution in [3.63, 3.8) is 0 Å². The van der Waals surface area contributed by atoms with Gasteiger partial charge in [-0.1, -0.05) is 13.0 Å². The van der Waals surface area contributed by atoms with Crippen LogP contribution >= 0.6 is 11.3 Å². The Bertz CT molecular complexity index is 1510. The molecule has 37 heavy (non-hydrogen) atoms. The van der Waals surface area contributed by atoms with Crippen LogP contribution in [0, 0.1) is 11.8 Å². The van der Waals surface area contributed by atoms with Crippen LogP contribution in [0.1, 0.15) is 48.7 Å². The predicted molar refractivity (Wildman–Crippen MR) is 142 cm³/mol. The van der Waals surface area contributed by atoms with E-state index in [9.17, 15) is 9.59 Å². The second-order valence-electron chi connectivity index (χ2n) is 10.8. The molecule has 0 aliphatic carbocycles. The maximum Gasteiger partial charge on any atom is 0.314 e. The van der Waals surface area contributed by atoms with Crippen LogP contribution < -0.4 is 5.32 Å². The van der Waals surface area contributed by atoms with Gasteiger partial charge in [0.25, 0.3) is 0 Å². The first-order valence-electron chi connectivity index (χ1n) is 13.1. The van der Waals surface area contributed by atoms with E-state index in [-0.39, 0.29) is 6.04 Å². The van der Waals surface area contributed by atoms with Crippen LogP contribution in [0.2, 0.25) is 0 Å². The van der Waals surface area contributed by atoms with Crippen molar-refractivity contribution >= 4 is 50.0 Å². The Hall–Kier alpha value is -3.37. The third-order valence-electron chi connectivity index (χ3n) is 8.34. The highest BCUT2D eigenvalue weighted by Crippen LogP contribution is 2.43. The molecule has 6 heterocycles. The zero-order chi connectivity index (χ0) is 25.1. The SMILES string of the molecule is C[C@H]1CC[C@H](c2ccc3sc([C@@H]4CN5CC[C@@H]4C5)nc3c2)N(C(=O)C(=O)Nc2cncc3cn[nH]c23)C1. The first-order valence-corrected chi connectivity index (χ1v) is 13.9. The van der Waals surface area contributed by atoms with E-state index in [2.05, 4.69) is 50.5 Å². The summed E-state index contributed by atoms with van der Waals surface area (Å²) in [4.78, 5) is 40.1. The Morgan fingerprint density at radius 3 is 2.86 bits per heavy atom. The quantitative estimate of drug-likeness (QED) is 0.401. The highest BCUT2D eigenvalue weighted by molar-refractivity contribution is 7.18. The summed E-state index contributed by atoms with van der Waals surface area (Å²) in [6.45, 7) is 6.22. The van der Waals surface area contributed by atoms with Crippen molar-refractivity contribution < 1.29 is 9.59 Å². The highest BCUT2D eigenvalue weighted by atomic mass is 32.1. The van der Waals surface area contributed by atoms with Gasteiger partial charge >= 0.3 is 11.8 Å². The largest absolute Gasteiger partial charge is 0.327 e. The lowest BCUT2D eigenvalue weighted by Gasteiger charge is -2.38. The number of thiazole rings is 1. The van der Waals surface area contributed by atoms with Crippen molar-refractivity contribution in [1.29, 1.82) is 0 Å². The highest BCUT2D eigenvalue weighted by Gasteiger charge is 2.40. The lowest BCUT2D eigenvalue weighted by molar-refractivity contribution is -0.146. The minimum atomic E-state index is -0.661. The molecule has 4 aromatic rings. The number of likely N-dealkylation sites (tertiary alicyclic amines) is 1. The van der Waals surface area contributed by atoms with Gasteiger partial charge in [-0.3, -0.25) is 19.7 Å². The number of rotatable bonds is 3. The van der Waals surface area contributed by atoms with Crippen molar-refractivity contribution in [2.24, 2.45) is 11.8 Å². The fourth-order valence-corrected chi connectivity index (χ4v) is 7.52. The molecule has 3 aliphatic rings. The summed E-state index contributed by atoms with van der Waals surface area (Å²) in [6.07, 6.45) is 7.93. The molecule has 1 unspecified atom stereocenters. The number of hydrogen-bond donors (Lipinski definition) is 2. The number of piperidine rings is 2. The zero-order valence-electron chi connectivity index (χ0n) is 20.7. The van der Waals surface area contributed by atoms with E-state index >= 15 is 0 Å². The molecule has 5 atom stereocenters. The number of anilines is 1. The Kier molecular flexibility index (Phi) is 5.47. The maximum absolute atomic E-state index is 13.5. The monoisotopic (exact) mass is 515 g/mol. The minimum absolute atomic E-state index is 0.154. The number of amides is 2. The Morgan fingerprint density at radius 1 is 1.11 bits per heavy atom. The van der Waals surface area contributed by atoms with E-state index in [1.807, 2.05) is 11.3 Å². The van der Waals surface area contributed by atoms with E-state index in [0.29, 0.717) is 29.6 Å². The van der Waals surface area contributed by atoms with Crippen LogP contribution in [0.5, 0.6) is 0 Å². The number of hydrogen-bond acceptors (Lipinski definition) is 7. The molecule has 7 rings (SSSR count). The number of carbonyl (C=O) groups is 2. The van der Waals surface area contributed by atoms with Crippen molar-refractivity contribution in [2.75, 3.05) is 31.5 Å². The van der Waals surface area contributed by atoms with E-state index in [0.717, 1.165) is 41.8 Å². The number of pyridine rings is 1. The second-order valence-corrected chi connectivity index (χ2v) is 11.9. The van der Waals surface area contributed by atoms with Crippen LogP contribution in [0.25, 0.3) is 21.1 Å². The number of aromatic nitrogens is 4. The molecule has 3 saturated heterocycles. The van der Waals surface area contributed by atoms with Gasteiger partial charge in [-0.25, -0.2) is 4.98 Å². The van der Waals surface area contributed by atoms with Crippen molar-refractivity contribution in [2.45, 2.75) is 38.1 Å². The predicted octanol–water partition coefficient (Wildman–Crippen LogP) is 3.93. The number of carbonyl (C=O) groups excluding carboxylic acids is 2. The van der Waals surface area contributed by atoms with Gasteiger partial charge in [-0.15, -0.1) is 11.3 Å². The number of benzene rings is 1. The van der Waals surface area contributed by atoms with Gasteiger partial charge < -0.3 is 15.1 Å². The van der Waals surface area contributed by atoms with Crippen LogP contribution in [0.3, 0.4) is 0 Å². The Morgan fingerprint density at radius 2 is 2.03 bits per heavy atom. The molecule has 3 aliphatic heterocycles. The summed E-state index contributed by atoms with van der Waals surface area (Å²) in [5, 5.41) is 11.6. The molecule has 1 aromatic carbocycles. The average Bonchev–Trinajstić information content (AvgIpc) is 3.71. The summed E-state index contributed by atoms with van der Waals surface area (Å²) in [5.41, 5.74) is 3.15. The lowest BCUT2D eigenvalue weighted by atomic mass is 9.89. The summed E-state index contributed by atoms with van der Waals surface area (Å²) in [5.74, 6) is 0.414. The molecule has 0 saturated carbocycles. The maximum atomic E-state index is 13.5. The molecule has 9 nitrogen and oxygen atoms in total. The number of fused-ring (bicyclic) bond motifs is 4. The topological polar surface area (TPSA) is 107 Å². The van der Waals surface area contributed by atoms with Crippen molar-refractivity contribution in [3.8, 4) is 0 Å². The fourth-order valence-electron chi connectivity index (χ4n) is 6.38. The minimum Gasteiger partial charge on any atom is -0.327 e. The number of H-pyrrole nitrogens is 1. The summed E-state index contributed by atoms with van der Waals surface area (Å²) < 4.78 is 1.19. The molecule has 3 aromatic heterocycles. The molecule has 3 fully saturated rings.